The molecule has 94 valence electrons. The number of benzene rings is 1. The summed E-state index contributed by atoms with van der Waals surface area (Å²) >= 11 is 5.78. The van der Waals surface area contributed by atoms with E-state index in [1.54, 1.807) is 49.2 Å². The Morgan fingerprint density at radius 3 is 2.56 bits per heavy atom. The van der Waals surface area contributed by atoms with Crippen molar-refractivity contribution in [1.82, 2.24) is 9.78 Å². The maximum absolute atomic E-state index is 12.2. The van der Waals surface area contributed by atoms with Crippen molar-refractivity contribution in [2.24, 2.45) is 0 Å². The van der Waals surface area contributed by atoms with Gasteiger partial charge in [-0.25, -0.2) is 0 Å². The number of carbonyl (C=O) groups excluding carboxylic acids is 1. The van der Waals surface area contributed by atoms with Gasteiger partial charge in [0.2, 0.25) is 0 Å². The first-order chi connectivity index (χ1) is 8.61. The first-order valence-electron chi connectivity index (χ1n) is 5.49. The fourth-order valence-electron chi connectivity index (χ4n) is 1.64. The zero-order valence-electron chi connectivity index (χ0n) is 10.1. The van der Waals surface area contributed by atoms with Crippen LogP contribution in [0.5, 0.6) is 5.75 Å². The Kier molecular flexibility index (Phi) is 3.67. The smallest absolute Gasteiger partial charge is 0.187 e. The summed E-state index contributed by atoms with van der Waals surface area (Å²) in [5.41, 5.74) is 0.620. The van der Waals surface area contributed by atoms with Crippen LogP contribution in [0, 0.1) is 0 Å². The predicted molar refractivity (Wildman–Crippen MR) is 69.3 cm³/mol. The Labute approximate surface area is 110 Å². The molecule has 0 saturated carbocycles. The van der Waals surface area contributed by atoms with Crippen molar-refractivity contribution in [2.75, 3.05) is 7.11 Å². The van der Waals surface area contributed by atoms with Gasteiger partial charge < -0.3 is 4.74 Å². The molecule has 0 N–H and O–H groups in total. The van der Waals surface area contributed by atoms with E-state index in [9.17, 15) is 4.79 Å². The molecule has 0 aliphatic rings. The predicted octanol–water partition coefficient (Wildman–Crippen LogP) is 2.99. The van der Waals surface area contributed by atoms with Gasteiger partial charge in [-0.3, -0.25) is 9.48 Å². The topological polar surface area (TPSA) is 44.1 Å². The highest BCUT2D eigenvalue weighted by atomic mass is 35.5. The Bertz CT molecular complexity index is 548. The Morgan fingerprint density at radius 1 is 1.39 bits per heavy atom. The van der Waals surface area contributed by atoms with E-state index in [1.165, 1.54) is 6.20 Å². The van der Waals surface area contributed by atoms with Gasteiger partial charge in [0, 0.05) is 11.8 Å². The second kappa shape index (κ2) is 5.23. The van der Waals surface area contributed by atoms with Gasteiger partial charge in [-0.2, -0.15) is 5.10 Å². The van der Waals surface area contributed by atoms with Crippen molar-refractivity contribution < 1.29 is 9.53 Å². The van der Waals surface area contributed by atoms with Crippen LogP contribution in [-0.4, -0.2) is 22.7 Å². The maximum atomic E-state index is 12.2. The molecule has 1 unspecified atom stereocenters. The SMILES string of the molecule is COc1ccc(C(=O)C(C)n2cc(Cl)cn2)cc1. The molecule has 5 heteroatoms. The fourth-order valence-corrected chi connectivity index (χ4v) is 1.79. The van der Waals surface area contributed by atoms with Crippen LogP contribution in [-0.2, 0) is 0 Å². The van der Waals surface area contributed by atoms with Crippen molar-refractivity contribution in [2.45, 2.75) is 13.0 Å². The summed E-state index contributed by atoms with van der Waals surface area (Å²) < 4.78 is 6.60. The summed E-state index contributed by atoms with van der Waals surface area (Å²) in [6.45, 7) is 1.79. The molecule has 0 spiro atoms. The van der Waals surface area contributed by atoms with Crippen LogP contribution in [0.25, 0.3) is 0 Å². The standard InChI is InChI=1S/C13H13ClN2O2/c1-9(16-8-11(14)7-15-16)13(17)10-3-5-12(18-2)6-4-10/h3-9H,1-2H3. The molecule has 0 fully saturated rings. The van der Waals surface area contributed by atoms with Gasteiger partial charge in [-0.15, -0.1) is 0 Å². The molecule has 1 aromatic carbocycles. The number of carbonyl (C=O) groups is 1. The molecule has 2 aromatic rings. The minimum Gasteiger partial charge on any atom is -0.497 e. The van der Waals surface area contributed by atoms with Gasteiger partial charge in [0.15, 0.2) is 5.78 Å². The van der Waals surface area contributed by atoms with E-state index in [2.05, 4.69) is 5.10 Å². The molecule has 0 radical (unpaired) electrons. The van der Waals surface area contributed by atoms with Gasteiger partial charge in [0.25, 0.3) is 0 Å². The quantitative estimate of drug-likeness (QED) is 0.798. The highest BCUT2D eigenvalue weighted by Gasteiger charge is 2.17. The third kappa shape index (κ3) is 2.54. The van der Waals surface area contributed by atoms with Gasteiger partial charge >= 0.3 is 0 Å². The number of methoxy groups -OCH3 is 1. The van der Waals surface area contributed by atoms with Crippen LogP contribution >= 0.6 is 11.6 Å². The summed E-state index contributed by atoms with van der Waals surface area (Å²) in [4.78, 5) is 12.2. The van der Waals surface area contributed by atoms with Gasteiger partial charge in [0.05, 0.1) is 18.3 Å². The number of rotatable bonds is 4. The molecular weight excluding hydrogens is 252 g/mol. The number of hydrogen-bond donors (Lipinski definition) is 0. The molecular formula is C13H13ClN2O2. The second-order valence-corrected chi connectivity index (χ2v) is 4.34. The molecule has 1 atom stereocenters. The van der Waals surface area contributed by atoms with Crippen LogP contribution in [0.3, 0.4) is 0 Å². The Hall–Kier alpha value is -1.81. The van der Waals surface area contributed by atoms with E-state index in [4.69, 9.17) is 16.3 Å². The number of aromatic nitrogens is 2. The largest absolute Gasteiger partial charge is 0.497 e. The third-order valence-corrected chi connectivity index (χ3v) is 2.92. The Morgan fingerprint density at radius 2 is 2.06 bits per heavy atom. The average molecular weight is 265 g/mol. The maximum Gasteiger partial charge on any atom is 0.187 e. The van der Waals surface area contributed by atoms with E-state index >= 15 is 0 Å². The monoisotopic (exact) mass is 264 g/mol. The van der Waals surface area contributed by atoms with Crippen molar-refractivity contribution in [3.63, 3.8) is 0 Å². The van der Waals surface area contributed by atoms with Crippen LogP contribution in [0.1, 0.15) is 23.3 Å². The lowest BCUT2D eigenvalue weighted by molar-refractivity contribution is 0.0928. The van der Waals surface area contributed by atoms with Crippen molar-refractivity contribution in [3.05, 3.63) is 47.2 Å². The Balaban J connectivity index is 2.19. The van der Waals surface area contributed by atoms with E-state index < -0.39 is 0 Å². The van der Waals surface area contributed by atoms with Crippen molar-refractivity contribution >= 4 is 17.4 Å². The van der Waals surface area contributed by atoms with Gasteiger partial charge in [-0.05, 0) is 31.2 Å². The lowest BCUT2D eigenvalue weighted by Gasteiger charge is -2.11. The molecule has 1 aromatic heterocycles. The van der Waals surface area contributed by atoms with Crippen molar-refractivity contribution in [3.8, 4) is 5.75 Å². The highest BCUT2D eigenvalue weighted by molar-refractivity contribution is 6.30. The number of nitrogens with zero attached hydrogens (tertiary/aromatic N) is 2. The van der Waals surface area contributed by atoms with Crippen LogP contribution in [0.4, 0.5) is 0 Å². The summed E-state index contributed by atoms with van der Waals surface area (Å²) in [7, 11) is 1.59. The van der Waals surface area contributed by atoms with Gasteiger partial charge in [-0.1, -0.05) is 11.6 Å². The summed E-state index contributed by atoms with van der Waals surface area (Å²) in [6.07, 6.45) is 3.15. The molecule has 0 saturated heterocycles. The average Bonchev–Trinajstić information content (AvgIpc) is 2.84. The number of hydrogen-bond acceptors (Lipinski definition) is 3. The normalized spacial score (nSPS) is 12.2. The fraction of sp³-hybridized carbons (Fsp3) is 0.231. The number of Topliss-reactive ketones (excluding diaryl/α,β-unsaturated/α-hetero) is 1. The van der Waals surface area contributed by atoms with Crippen molar-refractivity contribution in [1.29, 1.82) is 0 Å². The van der Waals surface area contributed by atoms with E-state index in [1.807, 2.05) is 0 Å². The summed E-state index contributed by atoms with van der Waals surface area (Å²) in [5, 5.41) is 4.55. The lowest BCUT2D eigenvalue weighted by Crippen LogP contribution is -2.17. The zero-order chi connectivity index (χ0) is 13.1. The number of ether oxygens (including phenoxy) is 1. The van der Waals surface area contributed by atoms with Crippen LogP contribution < -0.4 is 4.74 Å². The highest BCUT2D eigenvalue weighted by Crippen LogP contribution is 2.18. The van der Waals surface area contributed by atoms with E-state index in [0.29, 0.717) is 10.6 Å². The lowest BCUT2D eigenvalue weighted by atomic mass is 10.1. The molecule has 0 aliphatic carbocycles. The molecule has 4 nitrogen and oxygen atoms in total. The van der Waals surface area contributed by atoms with E-state index in [-0.39, 0.29) is 11.8 Å². The minimum absolute atomic E-state index is 0.0163. The van der Waals surface area contributed by atoms with Crippen LogP contribution in [0.15, 0.2) is 36.7 Å². The number of halogens is 1. The minimum atomic E-state index is -0.383. The zero-order valence-corrected chi connectivity index (χ0v) is 10.9. The molecule has 0 amide bonds. The molecule has 0 bridgehead atoms. The second-order valence-electron chi connectivity index (χ2n) is 3.91. The van der Waals surface area contributed by atoms with Crippen LogP contribution in [0.2, 0.25) is 5.02 Å². The molecule has 1 heterocycles. The molecule has 18 heavy (non-hydrogen) atoms. The third-order valence-electron chi connectivity index (χ3n) is 2.72. The summed E-state index contributed by atoms with van der Waals surface area (Å²) in [5.74, 6) is 0.707. The summed E-state index contributed by atoms with van der Waals surface area (Å²) in [6, 6.07) is 6.61. The number of ketones is 1. The van der Waals surface area contributed by atoms with E-state index in [0.717, 1.165) is 5.75 Å². The molecule has 2 rings (SSSR count). The first-order valence-corrected chi connectivity index (χ1v) is 5.87. The molecule has 0 aliphatic heterocycles. The first kappa shape index (κ1) is 12.6. The van der Waals surface area contributed by atoms with Gasteiger partial charge in [0.1, 0.15) is 11.8 Å².